The Morgan fingerprint density at radius 1 is 1.04 bits per heavy atom. The maximum Gasteiger partial charge on any atom is 0.267 e. The summed E-state index contributed by atoms with van der Waals surface area (Å²) < 4.78 is 3.05. The molecule has 7 nitrogen and oxygen atoms in total. The number of hydrogen-bond acceptors (Lipinski definition) is 5. The fourth-order valence-corrected chi connectivity index (χ4v) is 3.98. The van der Waals surface area contributed by atoms with E-state index in [-0.39, 0.29) is 11.1 Å². The molecule has 1 fully saturated rings. The quantitative estimate of drug-likeness (QED) is 0.825. The van der Waals surface area contributed by atoms with Gasteiger partial charge in [-0.05, 0) is 56.1 Å². The molecule has 0 unspecified atom stereocenters. The SMILES string of the molecule is Cn1nc(N2CCC(Cn3nc4c(cc3=O)CCCC4)CC2)ccc1=O. The van der Waals surface area contributed by atoms with E-state index in [0.29, 0.717) is 12.5 Å². The molecular formula is C19H25N5O2. The highest BCUT2D eigenvalue weighted by Crippen LogP contribution is 2.22. The van der Waals surface area contributed by atoms with Gasteiger partial charge in [0.05, 0.1) is 5.69 Å². The van der Waals surface area contributed by atoms with Crippen LogP contribution in [0.1, 0.15) is 36.9 Å². The Bertz CT molecular complexity index is 909. The first-order valence-corrected chi connectivity index (χ1v) is 9.49. The second kappa shape index (κ2) is 7.05. The maximum absolute atomic E-state index is 12.4. The normalized spacial score (nSPS) is 18.0. The van der Waals surface area contributed by atoms with Crippen molar-refractivity contribution in [2.24, 2.45) is 13.0 Å². The van der Waals surface area contributed by atoms with Crippen LogP contribution < -0.4 is 16.0 Å². The van der Waals surface area contributed by atoms with Crippen molar-refractivity contribution < 1.29 is 0 Å². The van der Waals surface area contributed by atoms with Crippen molar-refractivity contribution in [1.82, 2.24) is 19.6 Å². The molecule has 2 aromatic rings. The van der Waals surface area contributed by atoms with Gasteiger partial charge >= 0.3 is 0 Å². The Labute approximate surface area is 152 Å². The van der Waals surface area contributed by atoms with Crippen LogP contribution in [0.15, 0.2) is 27.8 Å². The monoisotopic (exact) mass is 355 g/mol. The molecule has 4 rings (SSSR count). The zero-order chi connectivity index (χ0) is 18.1. The highest BCUT2D eigenvalue weighted by Gasteiger charge is 2.22. The van der Waals surface area contributed by atoms with Crippen molar-refractivity contribution in [3.05, 3.63) is 50.2 Å². The van der Waals surface area contributed by atoms with Gasteiger partial charge in [0.15, 0.2) is 0 Å². The van der Waals surface area contributed by atoms with Crippen molar-refractivity contribution in [2.75, 3.05) is 18.0 Å². The standard InChI is InChI=1S/C19H25N5O2/c1-22-18(25)7-6-17(21-22)23-10-8-14(9-11-23)13-24-19(26)12-15-4-2-3-5-16(15)20-24/h6-7,12,14H,2-5,8-11,13H2,1H3. The molecule has 0 radical (unpaired) electrons. The highest BCUT2D eigenvalue weighted by molar-refractivity contribution is 5.36. The van der Waals surface area contributed by atoms with E-state index in [2.05, 4.69) is 15.1 Å². The van der Waals surface area contributed by atoms with Crippen molar-refractivity contribution in [2.45, 2.75) is 45.1 Å². The van der Waals surface area contributed by atoms with Gasteiger partial charge in [-0.3, -0.25) is 9.59 Å². The predicted molar refractivity (Wildman–Crippen MR) is 99.6 cm³/mol. The number of hydrogen-bond donors (Lipinski definition) is 0. The molecule has 0 amide bonds. The molecule has 3 heterocycles. The fourth-order valence-electron chi connectivity index (χ4n) is 3.98. The van der Waals surface area contributed by atoms with E-state index >= 15 is 0 Å². The summed E-state index contributed by atoms with van der Waals surface area (Å²) in [5.74, 6) is 1.29. The topological polar surface area (TPSA) is 73.0 Å². The number of aryl methyl sites for hydroxylation is 3. The minimum absolute atomic E-state index is 0.0350. The third-order valence-corrected chi connectivity index (χ3v) is 5.59. The first-order valence-electron chi connectivity index (χ1n) is 9.49. The molecule has 0 saturated carbocycles. The number of fused-ring (bicyclic) bond motifs is 1. The number of piperidine rings is 1. The Balaban J connectivity index is 1.42. The third-order valence-electron chi connectivity index (χ3n) is 5.59. The molecule has 1 aliphatic carbocycles. The molecule has 26 heavy (non-hydrogen) atoms. The molecule has 1 aliphatic heterocycles. The largest absolute Gasteiger partial charge is 0.355 e. The lowest BCUT2D eigenvalue weighted by atomic mass is 9.96. The van der Waals surface area contributed by atoms with E-state index in [1.807, 2.05) is 0 Å². The van der Waals surface area contributed by atoms with Crippen molar-refractivity contribution >= 4 is 5.82 Å². The third kappa shape index (κ3) is 3.43. The van der Waals surface area contributed by atoms with Gasteiger partial charge in [0, 0.05) is 38.8 Å². The minimum Gasteiger partial charge on any atom is -0.355 e. The molecule has 1 saturated heterocycles. The van der Waals surface area contributed by atoms with Gasteiger partial charge in [-0.1, -0.05) is 0 Å². The van der Waals surface area contributed by atoms with E-state index in [0.717, 1.165) is 62.3 Å². The molecular weight excluding hydrogens is 330 g/mol. The van der Waals surface area contributed by atoms with Gasteiger partial charge in [-0.25, -0.2) is 9.36 Å². The summed E-state index contributed by atoms with van der Waals surface area (Å²) in [7, 11) is 1.67. The van der Waals surface area contributed by atoms with E-state index in [1.165, 1.54) is 11.1 Å². The number of aromatic nitrogens is 4. The van der Waals surface area contributed by atoms with Crippen LogP contribution in [0.2, 0.25) is 0 Å². The summed E-state index contributed by atoms with van der Waals surface area (Å²) in [6.07, 6.45) is 6.31. The lowest BCUT2D eigenvalue weighted by molar-refractivity contribution is 0.331. The Kier molecular flexibility index (Phi) is 4.61. The van der Waals surface area contributed by atoms with Crippen LogP contribution in [-0.4, -0.2) is 32.7 Å². The summed E-state index contributed by atoms with van der Waals surface area (Å²) in [5, 5.41) is 8.98. The summed E-state index contributed by atoms with van der Waals surface area (Å²) in [6, 6.07) is 5.15. The summed E-state index contributed by atoms with van der Waals surface area (Å²) in [6.45, 7) is 2.46. The van der Waals surface area contributed by atoms with Crippen LogP contribution in [0.3, 0.4) is 0 Å². The lowest BCUT2D eigenvalue weighted by Crippen LogP contribution is -2.38. The Morgan fingerprint density at radius 3 is 2.58 bits per heavy atom. The lowest BCUT2D eigenvalue weighted by Gasteiger charge is -2.32. The molecule has 0 N–H and O–H groups in total. The summed E-state index contributed by atoms with van der Waals surface area (Å²) in [5.41, 5.74) is 2.20. The minimum atomic E-state index is -0.0958. The van der Waals surface area contributed by atoms with Crippen LogP contribution >= 0.6 is 0 Å². The molecule has 2 aliphatic rings. The van der Waals surface area contributed by atoms with Crippen LogP contribution in [0.5, 0.6) is 0 Å². The number of anilines is 1. The zero-order valence-corrected chi connectivity index (χ0v) is 15.2. The van der Waals surface area contributed by atoms with Crippen molar-refractivity contribution in [3.63, 3.8) is 0 Å². The average Bonchev–Trinajstić information content (AvgIpc) is 2.65. The average molecular weight is 355 g/mol. The summed E-state index contributed by atoms with van der Waals surface area (Å²) >= 11 is 0. The van der Waals surface area contributed by atoms with Gasteiger partial charge < -0.3 is 4.90 Å². The van der Waals surface area contributed by atoms with E-state index in [9.17, 15) is 9.59 Å². The van der Waals surface area contributed by atoms with E-state index < -0.39 is 0 Å². The van der Waals surface area contributed by atoms with Crippen LogP contribution in [0.4, 0.5) is 5.82 Å². The summed E-state index contributed by atoms with van der Waals surface area (Å²) in [4.78, 5) is 26.1. The second-order valence-corrected chi connectivity index (χ2v) is 7.43. The highest BCUT2D eigenvalue weighted by atomic mass is 16.1. The Morgan fingerprint density at radius 2 is 1.81 bits per heavy atom. The van der Waals surface area contributed by atoms with Gasteiger partial charge in [0.2, 0.25) is 0 Å². The molecule has 0 aromatic carbocycles. The first kappa shape index (κ1) is 17.0. The van der Waals surface area contributed by atoms with Gasteiger partial charge in [-0.15, -0.1) is 0 Å². The van der Waals surface area contributed by atoms with Gasteiger partial charge in [0.25, 0.3) is 11.1 Å². The molecule has 7 heteroatoms. The number of rotatable bonds is 3. The van der Waals surface area contributed by atoms with Crippen LogP contribution in [-0.2, 0) is 26.4 Å². The molecule has 2 aromatic heterocycles. The fraction of sp³-hybridized carbons (Fsp3) is 0.579. The molecule has 0 bridgehead atoms. The number of nitrogens with zero attached hydrogens (tertiary/aromatic N) is 5. The van der Waals surface area contributed by atoms with Crippen molar-refractivity contribution in [1.29, 1.82) is 0 Å². The van der Waals surface area contributed by atoms with Crippen LogP contribution in [0.25, 0.3) is 0 Å². The van der Waals surface area contributed by atoms with Crippen LogP contribution in [0, 0.1) is 5.92 Å². The molecule has 0 spiro atoms. The maximum atomic E-state index is 12.4. The predicted octanol–water partition coefficient (Wildman–Crippen LogP) is 1.13. The molecule has 138 valence electrons. The van der Waals surface area contributed by atoms with E-state index in [1.54, 1.807) is 29.9 Å². The smallest absolute Gasteiger partial charge is 0.267 e. The molecule has 0 atom stereocenters. The van der Waals surface area contributed by atoms with Gasteiger partial charge in [-0.2, -0.15) is 10.2 Å². The van der Waals surface area contributed by atoms with Crippen molar-refractivity contribution in [3.8, 4) is 0 Å². The van der Waals surface area contributed by atoms with E-state index in [4.69, 9.17) is 0 Å². The second-order valence-electron chi connectivity index (χ2n) is 7.43. The Hall–Kier alpha value is -2.44. The van der Waals surface area contributed by atoms with Gasteiger partial charge in [0.1, 0.15) is 5.82 Å². The zero-order valence-electron chi connectivity index (χ0n) is 15.2. The first-order chi connectivity index (χ1) is 12.6.